The molecular weight excluding hydrogens is 256 g/mol. The molecule has 1 aliphatic rings. The number of nitrogens with one attached hydrogen (secondary N) is 1. The van der Waals surface area contributed by atoms with Crippen LogP contribution in [0.2, 0.25) is 0 Å². The topological polar surface area (TPSA) is 24.5 Å². The van der Waals surface area contributed by atoms with Crippen LogP contribution in [0.15, 0.2) is 24.3 Å². The highest BCUT2D eigenvalue weighted by atomic mass is 32.1. The third kappa shape index (κ3) is 3.83. The van der Waals surface area contributed by atoms with Crippen molar-refractivity contribution in [3.8, 4) is 5.75 Å². The van der Waals surface area contributed by atoms with Crippen LogP contribution in [0.1, 0.15) is 32.1 Å². The van der Waals surface area contributed by atoms with Crippen molar-refractivity contribution in [3.63, 3.8) is 0 Å². The molecule has 0 atom stereocenters. The Kier molecular flexibility index (Phi) is 5.02. The summed E-state index contributed by atoms with van der Waals surface area (Å²) in [5.41, 5.74) is 1.08. The Labute approximate surface area is 120 Å². The first-order valence-corrected chi connectivity index (χ1v) is 7.30. The van der Waals surface area contributed by atoms with Crippen LogP contribution in [-0.2, 0) is 0 Å². The third-order valence-corrected chi connectivity index (χ3v) is 4.09. The highest BCUT2D eigenvalue weighted by Gasteiger charge is 2.16. The minimum atomic E-state index is 0.543. The van der Waals surface area contributed by atoms with Crippen molar-refractivity contribution in [2.45, 2.75) is 38.1 Å². The zero-order valence-electron chi connectivity index (χ0n) is 11.7. The van der Waals surface area contributed by atoms with Crippen LogP contribution in [0.5, 0.6) is 5.75 Å². The summed E-state index contributed by atoms with van der Waals surface area (Å²) >= 11 is 5.48. The van der Waals surface area contributed by atoms with E-state index in [0.717, 1.165) is 16.5 Å². The molecule has 1 aromatic carbocycles. The van der Waals surface area contributed by atoms with Gasteiger partial charge in [-0.25, -0.2) is 0 Å². The van der Waals surface area contributed by atoms with Crippen LogP contribution < -0.4 is 15.0 Å². The van der Waals surface area contributed by atoms with E-state index in [-0.39, 0.29) is 0 Å². The van der Waals surface area contributed by atoms with Crippen molar-refractivity contribution in [2.24, 2.45) is 0 Å². The van der Waals surface area contributed by atoms with Gasteiger partial charge in [0.05, 0.1) is 7.11 Å². The molecule has 0 bridgehead atoms. The van der Waals surface area contributed by atoms with Crippen molar-refractivity contribution in [1.82, 2.24) is 5.32 Å². The van der Waals surface area contributed by atoms with Gasteiger partial charge in [0.2, 0.25) is 0 Å². The molecule has 4 heteroatoms. The molecule has 19 heavy (non-hydrogen) atoms. The van der Waals surface area contributed by atoms with E-state index in [4.69, 9.17) is 17.0 Å². The van der Waals surface area contributed by atoms with Gasteiger partial charge < -0.3 is 15.0 Å². The van der Waals surface area contributed by atoms with Gasteiger partial charge in [-0.2, -0.15) is 0 Å². The molecule has 1 fully saturated rings. The van der Waals surface area contributed by atoms with Crippen LogP contribution in [0, 0.1) is 0 Å². The molecule has 0 aromatic heterocycles. The molecule has 3 nitrogen and oxygen atoms in total. The predicted octanol–water partition coefficient (Wildman–Crippen LogP) is 3.34. The van der Waals surface area contributed by atoms with Crippen molar-refractivity contribution in [2.75, 3.05) is 19.1 Å². The number of anilines is 1. The summed E-state index contributed by atoms with van der Waals surface area (Å²) in [5, 5.41) is 4.27. The Morgan fingerprint density at radius 3 is 2.42 bits per heavy atom. The third-order valence-electron chi connectivity index (χ3n) is 3.70. The van der Waals surface area contributed by atoms with Gasteiger partial charge in [-0.05, 0) is 49.3 Å². The fourth-order valence-corrected chi connectivity index (χ4v) is 2.71. The van der Waals surface area contributed by atoms with Gasteiger partial charge in [-0.15, -0.1) is 0 Å². The summed E-state index contributed by atoms with van der Waals surface area (Å²) in [7, 11) is 3.67. The lowest BCUT2D eigenvalue weighted by molar-refractivity contribution is 0.413. The van der Waals surface area contributed by atoms with E-state index in [1.54, 1.807) is 7.11 Å². The van der Waals surface area contributed by atoms with Crippen LogP contribution in [0.25, 0.3) is 0 Å². The summed E-state index contributed by atoms with van der Waals surface area (Å²) in [6, 6.07) is 8.49. The van der Waals surface area contributed by atoms with Crippen molar-refractivity contribution in [3.05, 3.63) is 24.3 Å². The Balaban J connectivity index is 1.93. The summed E-state index contributed by atoms with van der Waals surface area (Å²) in [5.74, 6) is 0.864. The minimum Gasteiger partial charge on any atom is -0.497 e. The molecule has 0 amide bonds. The second-order valence-electron chi connectivity index (χ2n) is 5.04. The summed E-state index contributed by atoms with van der Waals surface area (Å²) in [6.07, 6.45) is 6.45. The Bertz CT molecular complexity index is 413. The minimum absolute atomic E-state index is 0.543. The van der Waals surface area contributed by atoms with Crippen molar-refractivity contribution >= 4 is 23.0 Å². The van der Waals surface area contributed by atoms with Crippen LogP contribution in [0.4, 0.5) is 5.69 Å². The van der Waals surface area contributed by atoms with Crippen LogP contribution >= 0.6 is 12.2 Å². The Morgan fingerprint density at radius 2 is 1.84 bits per heavy atom. The molecule has 1 N–H and O–H groups in total. The number of methoxy groups -OCH3 is 1. The second-order valence-corrected chi connectivity index (χ2v) is 5.43. The molecule has 0 unspecified atom stereocenters. The van der Waals surface area contributed by atoms with E-state index in [2.05, 4.69) is 5.32 Å². The van der Waals surface area contributed by atoms with E-state index >= 15 is 0 Å². The number of rotatable bonds is 3. The maximum Gasteiger partial charge on any atom is 0.173 e. The summed E-state index contributed by atoms with van der Waals surface area (Å²) in [4.78, 5) is 2.02. The highest BCUT2D eigenvalue weighted by molar-refractivity contribution is 7.80. The lowest BCUT2D eigenvalue weighted by Gasteiger charge is -2.28. The number of ether oxygens (including phenoxy) is 1. The predicted molar refractivity (Wildman–Crippen MR) is 84.0 cm³/mol. The average Bonchev–Trinajstić information content (AvgIpc) is 2.47. The maximum absolute atomic E-state index is 5.48. The molecule has 2 rings (SSSR count). The van der Waals surface area contributed by atoms with Gasteiger partial charge in [-0.1, -0.05) is 19.3 Å². The van der Waals surface area contributed by atoms with Gasteiger partial charge in [0.15, 0.2) is 5.11 Å². The summed E-state index contributed by atoms with van der Waals surface area (Å²) < 4.78 is 5.16. The van der Waals surface area contributed by atoms with Gasteiger partial charge in [-0.3, -0.25) is 0 Å². The molecular formula is C15H22N2OS. The molecule has 0 heterocycles. The highest BCUT2D eigenvalue weighted by Crippen LogP contribution is 2.20. The quantitative estimate of drug-likeness (QED) is 0.857. The number of nitrogens with zero attached hydrogens (tertiary/aromatic N) is 1. The first kappa shape index (κ1) is 14.1. The lowest BCUT2D eigenvalue weighted by atomic mass is 9.96. The molecule has 1 aromatic rings. The van der Waals surface area contributed by atoms with E-state index in [9.17, 15) is 0 Å². The van der Waals surface area contributed by atoms with E-state index < -0.39 is 0 Å². The van der Waals surface area contributed by atoms with Gasteiger partial charge in [0.25, 0.3) is 0 Å². The fourth-order valence-electron chi connectivity index (χ4n) is 2.44. The average molecular weight is 278 g/mol. The molecule has 0 aliphatic heterocycles. The number of thiocarbonyl (C=S) groups is 1. The van der Waals surface area contributed by atoms with Gasteiger partial charge >= 0.3 is 0 Å². The van der Waals surface area contributed by atoms with Crippen LogP contribution in [0.3, 0.4) is 0 Å². The van der Waals surface area contributed by atoms with Crippen molar-refractivity contribution < 1.29 is 4.74 Å². The zero-order valence-corrected chi connectivity index (χ0v) is 12.5. The Morgan fingerprint density at radius 1 is 1.21 bits per heavy atom. The molecule has 0 spiro atoms. The monoisotopic (exact) mass is 278 g/mol. The largest absolute Gasteiger partial charge is 0.497 e. The smallest absolute Gasteiger partial charge is 0.173 e. The zero-order chi connectivity index (χ0) is 13.7. The summed E-state index contributed by atoms with van der Waals surface area (Å²) in [6.45, 7) is 0. The van der Waals surface area contributed by atoms with E-state index in [1.807, 2.05) is 36.2 Å². The standard InChI is InChI=1S/C15H22N2OS/c1-17(13-8-10-14(18-2)11-9-13)15(19)16-12-6-4-3-5-7-12/h8-12H,3-7H2,1-2H3,(H,16,19). The van der Waals surface area contributed by atoms with Gasteiger partial charge in [0.1, 0.15) is 5.75 Å². The van der Waals surface area contributed by atoms with Crippen molar-refractivity contribution in [1.29, 1.82) is 0 Å². The number of benzene rings is 1. The van der Waals surface area contributed by atoms with E-state index in [1.165, 1.54) is 32.1 Å². The lowest BCUT2D eigenvalue weighted by Crippen LogP contribution is -2.43. The normalized spacial score (nSPS) is 15.9. The van der Waals surface area contributed by atoms with E-state index in [0.29, 0.717) is 6.04 Å². The molecule has 1 aliphatic carbocycles. The first-order valence-electron chi connectivity index (χ1n) is 6.89. The van der Waals surface area contributed by atoms with Gasteiger partial charge in [0, 0.05) is 18.8 Å². The first-order chi connectivity index (χ1) is 9.20. The molecule has 104 valence electrons. The van der Waals surface area contributed by atoms with Crippen LogP contribution in [-0.4, -0.2) is 25.3 Å². The molecule has 0 saturated heterocycles. The number of hydrogen-bond acceptors (Lipinski definition) is 2. The molecule has 0 radical (unpaired) electrons. The SMILES string of the molecule is COc1ccc(N(C)C(=S)NC2CCCCC2)cc1. The molecule has 1 saturated carbocycles. The fraction of sp³-hybridized carbons (Fsp3) is 0.533. The Hall–Kier alpha value is -1.29. The maximum atomic E-state index is 5.48. The number of hydrogen-bond donors (Lipinski definition) is 1. The second kappa shape index (κ2) is 6.75.